The van der Waals surface area contributed by atoms with E-state index in [1.54, 1.807) is 67.6 Å². The molecule has 0 spiro atoms. The number of halogens is 9. The molecule has 10 nitrogen and oxygen atoms in total. The zero-order valence-electron chi connectivity index (χ0n) is 37.6. The first kappa shape index (κ1) is 55.0. The molecule has 0 radical (unpaired) electrons. The number of aryl methyl sites for hydroxylation is 2. The van der Waals surface area contributed by atoms with Gasteiger partial charge < -0.3 is 20.3 Å². The summed E-state index contributed by atoms with van der Waals surface area (Å²) in [4.78, 5) is 60.1. The summed E-state index contributed by atoms with van der Waals surface area (Å²) >= 11 is 18.5. The lowest BCUT2D eigenvalue weighted by Gasteiger charge is -2.22. The summed E-state index contributed by atoms with van der Waals surface area (Å²) in [5.74, 6) is -2.45. The third kappa shape index (κ3) is 14.3. The largest absolute Gasteiger partial charge is 0.389 e. The number of nitrogens with one attached hydrogen (secondary N) is 2. The summed E-state index contributed by atoms with van der Waals surface area (Å²) in [5, 5.41) is 16.3. The average Bonchev–Trinajstić information content (AvgIpc) is 3.89. The number of fused-ring (bicyclic) bond motifs is 1. The highest BCUT2D eigenvalue weighted by molar-refractivity contribution is 6.34. The van der Waals surface area contributed by atoms with Gasteiger partial charge >= 0.3 is 12.4 Å². The van der Waals surface area contributed by atoms with E-state index in [-0.39, 0.29) is 7.43 Å². The highest BCUT2D eigenvalue weighted by Gasteiger charge is 2.39. The van der Waals surface area contributed by atoms with Crippen LogP contribution in [0.1, 0.15) is 114 Å². The van der Waals surface area contributed by atoms with Crippen LogP contribution in [0.5, 0.6) is 0 Å². The normalized spacial score (nSPS) is 17.5. The summed E-state index contributed by atoms with van der Waals surface area (Å²) in [6.45, 7) is 6.55. The fourth-order valence-corrected chi connectivity index (χ4v) is 8.54. The van der Waals surface area contributed by atoms with Crippen molar-refractivity contribution in [3.63, 3.8) is 0 Å². The van der Waals surface area contributed by atoms with Crippen molar-refractivity contribution in [1.29, 1.82) is 0 Å². The van der Waals surface area contributed by atoms with Gasteiger partial charge in [0.05, 0.1) is 37.4 Å². The lowest BCUT2D eigenvalue weighted by Crippen LogP contribution is -2.30. The van der Waals surface area contributed by atoms with Crippen LogP contribution >= 0.6 is 34.8 Å². The Kier molecular flexibility index (Phi) is 17.6. The van der Waals surface area contributed by atoms with Gasteiger partial charge in [0.2, 0.25) is 0 Å². The number of amides is 2. The molecule has 0 aromatic heterocycles. The summed E-state index contributed by atoms with van der Waals surface area (Å²) < 4.78 is 73.6. The SMILES string of the molecule is C.Cc1cc(C2=NOC(C)(c3cc(Cl)cc(Cl)c3)C2)ccc1C(=O)NCC(=O)CCC(F)(F)F.Cc1cc(Cl)cc(C2(C)CC(c3ccc(C(=O)NCC(=O)CCC(F)(F)F)c4ccccc34)=NO2)c1. The topological polar surface area (TPSA) is 136 Å². The van der Waals surface area contributed by atoms with Crippen LogP contribution in [0.25, 0.3) is 10.8 Å². The molecule has 7 rings (SSSR count). The fraction of sp³-hybridized carbons (Fsp3) is 0.333. The Labute approximate surface area is 415 Å². The molecule has 0 fully saturated rings. The van der Waals surface area contributed by atoms with Crippen LogP contribution in [0.3, 0.4) is 0 Å². The van der Waals surface area contributed by atoms with Crippen molar-refractivity contribution in [3.05, 3.63) is 151 Å². The van der Waals surface area contributed by atoms with Crippen molar-refractivity contribution >= 4 is 80.4 Å². The molecule has 0 saturated heterocycles. The number of ketones is 2. The summed E-state index contributed by atoms with van der Waals surface area (Å²) in [7, 11) is 0. The first-order valence-electron chi connectivity index (χ1n) is 21.4. The summed E-state index contributed by atoms with van der Waals surface area (Å²) in [5.41, 5.74) is 5.40. The van der Waals surface area contributed by atoms with E-state index < -0.39 is 85.7 Å². The molecule has 2 heterocycles. The van der Waals surface area contributed by atoms with Gasteiger partial charge in [0.1, 0.15) is 0 Å². The highest BCUT2D eigenvalue weighted by atomic mass is 35.5. The van der Waals surface area contributed by atoms with Gasteiger partial charge in [-0.25, -0.2) is 0 Å². The van der Waals surface area contributed by atoms with Crippen LogP contribution in [0.15, 0.2) is 101 Å². The number of alkyl halides is 6. The van der Waals surface area contributed by atoms with Crippen molar-refractivity contribution in [2.24, 2.45) is 10.3 Å². The monoisotopic (exact) mass is 1030 g/mol. The van der Waals surface area contributed by atoms with E-state index in [2.05, 4.69) is 20.9 Å². The molecule has 2 aliphatic heterocycles. The number of Topliss-reactive ketones (excluding diaryl/α,β-unsaturated/α-hetero) is 2. The quantitative estimate of drug-likeness (QED) is 0.106. The molecular formula is C51H49Cl3F6N4O6. The minimum Gasteiger partial charge on any atom is -0.384 e. The maximum absolute atomic E-state index is 12.8. The molecule has 2 amide bonds. The van der Waals surface area contributed by atoms with E-state index in [0.717, 1.165) is 33.2 Å². The molecule has 5 aromatic carbocycles. The third-order valence-electron chi connectivity index (χ3n) is 11.4. The fourth-order valence-electron chi connectivity index (χ4n) is 7.72. The van der Waals surface area contributed by atoms with Crippen LogP contribution < -0.4 is 10.6 Å². The van der Waals surface area contributed by atoms with E-state index >= 15 is 0 Å². The molecule has 0 aliphatic carbocycles. The number of carbonyl (C=O) groups excluding carboxylic acids is 4. The van der Waals surface area contributed by atoms with Crippen LogP contribution in [0.4, 0.5) is 26.3 Å². The average molecular weight is 1030 g/mol. The second-order valence-corrected chi connectivity index (χ2v) is 18.5. The van der Waals surface area contributed by atoms with E-state index in [0.29, 0.717) is 61.4 Å². The summed E-state index contributed by atoms with van der Waals surface area (Å²) in [6, 6.07) is 26.6. The van der Waals surface area contributed by atoms with Gasteiger partial charge in [-0.3, -0.25) is 19.2 Å². The Bertz CT molecular complexity index is 2830. The molecule has 5 aromatic rings. The molecule has 70 heavy (non-hydrogen) atoms. The van der Waals surface area contributed by atoms with Crippen LogP contribution in [-0.4, -0.2) is 60.2 Å². The maximum Gasteiger partial charge on any atom is 0.389 e. The van der Waals surface area contributed by atoms with Gasteiger partial charge in [0.15, 0.2) is 22.8 Å². The Balaban J connectivity index is 0.000000258. The van der Waals surface area contributed by atoms with Crippen LogP contribution in [0.2, 0.25) is 15.1 Å². The third-order valence-corrected chi connectivity index (χ3v) is 12.1. The van der Waals surface area contributed by atoms with Crippen molar-refractivity contribution in [2.45, 2.75) is 97.2 Å². The number of hydrogen-bond acceptors (Lipinski definition) is 8. The Hall–Kier alpha value is -5.97. The Morgan fingerprint density at radius 3 is 1.61 bits per heavy atom. The molecule has 372 valence electrons. The molecule has 19 heteroatoms. The predicted molar refractivity (Wildman–Crippen MR) is 259 cm³/mol. The lowest BCUT2D eigenvalue weighted by atomic mass is 9.86. The molecule has 0 bridgehead atoms. The number of oxime groups is 2. The zero-order chi connectivity index (χ0) is 50.5. The van der Waals surface area contributed by atoms with Crippen LogP contribution in [0, 0.1) is 13.8 Å². The highest BCUT2D eigenvalue weighted by Crippen LogP contribution is 2.40. The van der Waals surface area contributed by atoms with Gasteiger partial charge in [-0.15, -0.1) is 0 Å². The van der Waals surface area contributed by atoms with E-state index in [4.69, 9.17) is 44.5 Å². The van der Waals surface area contributed by atoms with Gasteiger partial charge in [-0.05, 0) is 109 Å². The molecular weight excluding hydrogens is 985 g/mol. The first-order valence-corrected chi connectivity index (χ1v) is 22.6. The van der Waals surface area contributed by atoms with E-state index in [9.17, 15) is 45.5 Å². The first-order chi connectivity index (χ1) is 32.3. The number of hydrogen-bond donors (Lipinski definition) is 2. The molecule has 2 atom stereocenters. The second-order valence-electron chi connectivity index (χ2n) is 17.2. The number of nitrogens with zero attached hydrogens (tertiary/aromatic N) is 2. The van der Waals surface area contributed by atoms with Gasteiger partial charge in [-0.1, -0.05) is 95.0 Å². The van der Waals surface area contributed by atoms with Crippen molar-refractivity contribution in [2.75, 3.05) is 13.1 Å². The number of benzene rings is 5. The molecule has 0 saturated carbocycles. The molecule has 2 aliphatic rings. The van der Waals surface area contributed by atoms with Crippen LogP contribution in [-0.2, 0) is 30.5 Å². The van der Waals surface area contributed by atoms with Gasteiger partial charge in [0, 0.05) is 63.0 Å². The second kappa shape index (κ2) is 22.4. The van der Waals surface area contributed by atoms with Crippen molar-refractivity contribution in [3.8, 4) is 0 Å². The maximum atomic E-state index is 12.8. The molecule has 2 N–H and O–H groups in total. The molecule has 2 unspecified atom stereocenters. The minimum absolute atomic E-state index is 0. The van der Waals surface area contributed by atoms with Gasteiger partial charge in [-0.2, -0.15) is 26.3 Å². The predicted octanol–water partition coefficient (Wildman–Crippen LogP) is 13.1. The Morgan fingerprint density at radius 2 is 1.09 bits per heavy atom. The number of carbonyl (C=O) groups is 4. The minimum atomic E-state index is -4.42. The smallest absolute Gasteiger partial charge is 0.384 e. The Morgan fingerprint density at radius 1 is 0.614 bits per heavy atom. The van der Waals surface area contributed by atoms with Crippen molar-refractivity contribution in [1.82, 2.24) is 10.6 Å². The van der Waals surface area contributed by atoms with Gasteiger partial charge in [0.25, 0.3) is 11.8 Å². The standard InChI is InChI=1S/C27H24ClF3N2O3.C23H21Cl2F3N2O3.CH4/c1-16-11-17(13-18(28)12-16)26(2)14-24(33-36-26)22-7-8-23(21-6-4-3-5-20(21)22)25(35)32-15-19(34)9-10-27(29,30)31;1-13-7-14(3-4-19(13)21(32)29-12-18(31)5-6-23(26,27)28)20-11-22(2,33-30-20)15-8-16(24)10-17(25)9-15;/h3-8,11-13H,9-10,14-15H2,1-2H3,(H,32,35);3-4,7-10H,5-6,11-12H2,1-2H3,(H,29,32);1H4. The van der Waals surface area contributed by atoms with Crippen molar-refractivity contribution < 1.29 is 55.2 Å². The number of rotatable bonds is 14. The van der Waals surface area contributed by atoms with E-state index in [1.165, 1.54) is 0 Å². The van der Waals surface area contributed by atoms with E-state index in [1.807, 2.05) is 51.1 Å². The zero-order valence-corrected chi connectivity index (χ0v) is 39.8. The lowest BCUT2D eigenvalue weighted by molar-refractivity contribution is -0.142. The summed E-state index contributed by atoms with van der Waals surface area (Å²) in [6.07, 6.45) is -11.7.